The average molecular weight is 356 g/mol. The number of ether oxygens (including phenoxy) is 1. The van der Waals surface area contributed by atoms with Crippen molar-refractivity contribution in [2.24, 2.45) is 5.73 Å². The number of amides is 1. The van der Waals surface area contributed by atoms with Crippen molar-refractivity contribution in [1.82, 2.24) is 4.90 Å². The van der Waals surface area contributed by atoms with Crippen LogP contribution in [-0.2, 0) is 9.53 Å². The Kier molecular flexibility index (Phi) is 8.01. The Hall–Kier alpha value is -1.79. The highest BCUT2D eigenvalue weighted by Gasteiger charge is 2.23. The van der Waals surface area contributed by atoms with Crippen molar-refractivity contribution in [3.05, 3.63) is 29.8 Å². The van der Waals surface area contributed by atoms with E-state index in [0.29, 0.717) is 18.0 Å². The van der Waals surface area contributed by atoms with Crippen molar-refractivity contribution in [3.63, 3.8) is 0 Å². The topological polar surface area (TPSA) is 84.7 Å². The van der Waals surface area contributed by atoms with Gasteiger partial charge in [0.2, 0.25) is 5.91 Å². The minimum Gasteiger partial charge on any atom is -0.465 e. The number of halogens is 1. The van der Waals surface area contributed by atoms with Gasteiger partial charge in [-0.2, -0.15) is 0 Å². The van der Waals surface area contributed by atoms with Gasteiger partial charge in [-0.1, -0.05) is 6.07 Å². The molecule has 0 radical (unpaired) electrons. The molecule has 2 rings (SSSR count). The number of piperidine rings is 1. The van der Waals surface area contributed by atoms with E-state index < -0.39 is 0 Å². The van der Waals surface area contributed by atoms with Gasteiger partial charge in [-0.3, -0.25) is 4.79 Å². The number of nitrogens with zero attached hydrogens (tertiary/aromatic N) is 1. The van der Waals surface area contributed by atoms with Crippen molar-refractivity contribution < 1.29 is 14.3 Å². The lowest BCUT2D eigenvalue weighted by Crippen LogP contribution is -2.43. The molecule has 1 atom stereocenters. The number of hydrogen-bond acceptors (Lipinski definition) is 5. The molecule has 0 bridgehead atoms. The molecule has 1 amide bonds. The van der Waals surface area contributed by atoms with Crippen molar-refractivity contribution in [2.75, 3.05) is 25.5 Å². The van der Waals surface area contributed by atoms with E-state index in [0.717, 1.165) is 31.6 Å². The van der Waals surface area contributed by atoms with E-state index >= 15 is 0 Å². The number of hydrogen-bond donors (Lipinski definition) is 2. The van der Waals surface area contributed by atoms with Gasteiger partial charge in [-0.15, -0.1) is 12.4 Å². The molecular weight excluding hydrogens is 330 g/mol. The minimum absolute atomic E-state index is 0. The molecule has 1 fully saturated rings. The Morgan fingerprint density at radius 1 is 1.38 bits per heavy atom. The summed E-state index contributed by atoms with van der Waals surface area (Å²) < 4.78 is 4.73. The Balaban J connectivity index is 0.00000288. The van der Waals surface area contributed by atoms with Gasteiger partial charge in [0.25, 0.3) is 0 Å². The largest absolute Gasteiger partial charge is 0.465 e. The van der Waals surface area contributed by atoms with Crippen LogP contribution in [0, 0.1) is 0 Å². The fraction of sp³-hybridized carbons (Fsp3) is 0.529. The van der Waals surface area contributed by atoms with Crippen LogP contribution in [0.15, 0.2) is 24.3 Å². The third-order valence-electron chi connectivity index (χ3n) is 4.00. The zero-order valence-electron chi connectivity index (χ0n) is 14.2. The lowest BCUT2D eigenvalue weighted by molar-refractivity contribution is -0.132. The number of likely N-dealkylation sites (tertiary alicyclic amines) is 1. The number of methoxy groups -OCH3 is 1. The second-order valence-corrected chi connectivity index (χ2v) is 6.05. The van der Waals surface area contributed by atoms with Gasteiger partial charge >= 0.3 is 5.97 Å². The fourth-order valence-corrected chi connectivity index (χ4v) is 2.77. The molecule has 1 aliphatic rings. The van der Waals surface area contributed by atoms with Gasteiger partial charge in [-0.25, -0.2) is 4.79 Å². The molecular formula is C17H26ClN3O3. The smallest absolute Gasteiger partial charge is 0.337 e. The van der Waals surface area contributed by atoms with Crippen LogP contribution in [0.25, 0.3) is 0 Å². The van der Waals surface area contributed by atoms with E-state index in [1.165, 1.54) is 7.11 Å². The van der Waals surface area contributed by atoms with E-state index in [-0.39, 0.29) is 30.3 Å². The molecule has 0 saturated carbocycles. The van der Waals surface area contributed by atoms with Gasteiger partial charge in [0.15, 0.2) is 0 Å². The van der Waals surface area contributed by atoms with E-state index in [2.05, 4.69) is 5.32 Å². The second-order valence-electron chi connectivity index (χ2n) is 6.05. The molecule has 7 heteroatoms. The summed E-state index contributed by atoms with van der Waals surface area (Å²) in [4.78, 5) is 25.4. The van der Waals surface area contributed by atoms with Gasteiger partial charge in [0.1, 0.15) is 0 Å². The van der Waals surface area contributed by atoms with Gasteiger partial charge < -0.3 is 20.7 Å². The van der Waals surface area contributed by atoms with Crippen molar-refractivity contribution >= 4 is 30.0 Å². The molecule has 1 aromatic rings. The molecule has 1 heterocycles. The summed E-state index contributed by atoms with van der Waals surface area (Å²) in [5, 5.41) is 3.43. The first-order valence-electron chi connectivity index (χ1n) is 7.98. The Morgan fingerprint density at radius 3 is 2.62 bits per heavy atom. The highest BCUT2D eigenvalue weighted by Crippen LogP contribution is 2.18. The Morgan fingerprint density at radius 2 is 2.04 bits per heavy atom. The van der Waals surface area contributed by atoms with Gasteiger partial charge in [-0.05, 0) is 38.0 Å². The van der Waals surface area contributed by atoms with E-state index in [1.54, 1.807) is 12.1 Å². The van der Waals surface area contributed by atoms with Crippen LogP contribution in [-0.4, -0.2) is 49.1 Å². The van der Waals surface area contributed by atoms with Gasteiger partial charge in [0.05, 0.1) is 12.7 Å². The molecule has 24 heavy (non-hydrogen) atoms. The van der Waals surface area contributed by atoms with Crippen molar-refractivity contribution in [2.45, 2.75) is 38.3 Å². The molecule has 134 valence electrons. The monoisotopic (exact) mass is 355 g/mol. The maximum atomic E-state index is 12.0. The molecule has 6 nitrogen and oxygen atoms in total. The predicted octanol–water partition coefficient (Wildman–Crippen LogP) is 2.04. The zero-order valence-corrected chi connectivity index (χ0v) is 15.0. The van der Waals surface area contributed by atoms with Crippen LogP contribution in [0.5, 0.6) is 0 Å². The van der Waals surface area contributed by atoms with E-state index in [1.807, 2.05) is 24.0 Å². The zero-order chi connectivity index (χ0) is 16.8. The maximum Gasteiger partial charge on any atom is 0.337 e. The number of anilines is 1. The minimum atomic E-state index is -0.343. The highest BCUT2D eigenvalue weighted by molar-refractivity contribution is 5.90. The number of nitrogens with one attached hydrogen (secondary N) is 1. The summed E-state index contributed by atoms with van der Waals surface area (Å²) in [6, 6.07) is 7.48. The number of benzene rings is 1. The van der Waals surface area contributed by atoms with E-state index in [9.17, 15) is 9.59 Å². The molecule has 0 aromatic heterocycles. The second kappa shape index (κ2) is 9.49. The third-order valence-corrected chi connectivity index (χ3v) is 4.00. The number of carbonyl (C=O) groups is 2. The van der Waals surface area contributed by atoms with Crippen LogP contribution in [0.2, 0.25) is 0 Å². The predicted molar refractivity (Wildman–Crippen MR) is 96.5 cm³/mol. The van der Waals surface area contributed by atoms with Crippen LogP contribution < -0.4 is 11.1 Å². The molecule has 1 unspecified atom stereocenters. The maximum absolute atomic E-state index is 12.0. The number of nitrogens with two attached hydrogens (primary N) is 1. The summed E-state index contributed by atoms with van der Waals surface area (Å²) in [6.07, 6.45) is 2.17. The molecule has 0 aliphatic carbocycles. The lowest BCUT2D eigenvalue weighted by Gasteiger charge is -2.33. The molecule has 1 aliphatic heterocycles. The number of rotatable bonds is 5. The van der Waals surface area contributed by atoms with Gasteiger partial charge in [0, 0.05) is 37.3 Å². The normalized spacial score (nSPS) is 16.0. The Labute approximate surface area is 149 Å². The standard InChI is InChI=1S/C17H25N3O3.ClH/c1-12(18)10-16(21)20-8-6-14(7-9-20)19-15-5-3-4-13(11-15)17(22)23-2;/h3-5,11-12,14,19H,6-10,18H2,1-2H3;1H. The molecule has 0 spiro atoms. The first-order valence-corrected chi connectivity index (χ1v) is 7.98. The summed E-state index contributed by atoms with van der Waals surface area (Å²) >= 11 is 0. The molecule has 1 saturated heterocycles. The molecule has 3 N–H and O–H groups in total. The van der Waals surface area contributed by atoms with Crippen LogP contribution >= 0.6 is 12.4 Å². The van der Waals surface area contributed by atoms with Crippen LogP contribution in [0.1, 0.15) is 36.5 Å². The summed E-state index contributed by atoms with van der Waals surface area (Å²) in [5.74, 6) is -0.212. The lowest BCUT2D eigenvalue weighted by atomic mass is 10.0. The highest BCUT2D eigenvalue weighted by atomic mass is 35.5. The average Bonchev–Trinajstić information content (AvgIpc) is 2.54. The molecule has 1 aromatic carbocycles. The van der Waals surface area contributed by atoms with Crippen LogP contribution in [0.4, 0.5) is 5.69 Å². The fourth-order valence-electron chi connectivity index (χ4n) is 2.77. The Bertz CT molecular complexity index is 558. The summed E-state index contributed by atoms with van der Waals surface area (Å²) in [7, 11) is 1.37. The summed E-state index contributed by atoms with van der Waals surface area (Å²) in [5.41, 5.74) is 7.11. The number of esters is 1. The summed E-state index contributed by atoms with van der Waals surface area (Å²) in [6.45, 7) is 3.32. The first kappa shape index (κ1) is 20.3. The van der Waals surface area contributed by atoms with E-state index in [4.69, 9.17) is 10.5 Å². The van der Waals surface area contributed by atoms with Crippen LogP contribution in [0.3, 0.4) is 0 Å². The number of carbonyl (C=O) groups excluding carboxylic acids is 2. The SMILES string of the molecule is COC(=O)c1cccc(NC2CCN(C(=O)CC(C)N)CC2)c1.Cl. The quantitative estimate of drug-likeness (QED) is 0.789. The van der Waals surface area contributed by atoms with Crippen molar-refractivity contribution in [1.29, 1.82) is 0 Å². The third kappa shape index (κ3) is 5.69. The van der Waals surface area contributed by atoms with Crippen molar-refractivity contribution in [3.8, 4) is 0 Å². The first-order chi connectivity index (χ1) is 11.0.